The molecule has 9 heteroatoms. The SMILES string of the molecule is C=C1COCCN1c1cc(NNc2ccc3occc3c2)nc2cc(-c3ccncc3)nn12. The first-order chi connectivity index (χ1) is 16.2. The summed E-state index contributed by atoms with van der Waals surface area (Å²) in [7, 11) is 0. The van der Waals surface area contributed by atoms with Gasteiger partial charge in [0, 0.05) is 47.7 Å². The van der Waals surface area contributed by atoms with E-state index in [2.05, 4.69) is 27.3 Å². The predicted molar refractivity (Wildman–Crippen MR) is 127 cm³/mol. The Bertz CT molecular complexity index is 1460. The number of hydrogen-bond donors (Lipinski definition) is 2. The molecular formula is C24H21N7O2. The number of morpholine rings is 1. The Hall–Kier alpha value is -4.37. The van der Waals surface area contributed by atoms with Gasteiger partial charge in [0.2, 0.25) is 0 Å². The van der Waals surface area contributed by atoms with Crippen molar-refractivity contribution in [2.24, 2.45) is 0 Å². The van der Waals surface area contributed by atoms with Crippen LogP contribution in [-0.4, -0.2) is 39.3 Å². The minimum Gasteiger partial charge on any atom is -0.464 e. The molecule has 6 rings (SSSR count). The fourth-order valence-corrected chi connectivity index (χ4v) is 3.92. The van der Waals surface area contributed by atoms with Gasteiger partial charge in [0.05, 0.1) is 30.9 Å². The van der Waals surface area contributed by atoms with E-state index in [0.717, 1.165) is 39.4 Å². The van der Waals surface area contributed by atoms with Crippen molar-refractivity contribution in [1.29, 1.82) is 0 Å². The van der Waals surface area contributed by atoms with E-state index in [4.69, 9.17) is 19.2 Å². The Morgan fingerprint density at radius 3 is 2.79 bits per heavy atom. The van der Waals surface area contributed by atoms with Crippen molar-refractivity contribution in [1.82, 2.24) is 19.6 Å². The van der Waals surface area contributed by atoms with Crippen LogP contribution in [0, 0.1) is 0 Å². The van der Waals surface area contributed by atoms with Crippen LogP contribution in [-0.2, 0) is 4.74 Å². The van der Waals surface area contributed by atoms with Crippen molar-refractivity contribution in [3.8, 4) is 11.3 Å². The summed E-state index contributed by atoms with van der Waals surface area (Å²) in [5.74, 6) is 1.52. The van der Waals surface area contributed by atoms with E-state index in [0.29, 0.717) is 31.2 Å². The van der Waals surface area contributed by atoms with Crippen LogP contribution in [0.25, 0.3) is 27.9 Å². The zero-order chi connectivity index (χ0) is 22.2. The molecule has 5 heterocycles. The molecule has 0 unspecified atom stereocenters. The van der Waals surface area contributed by atoms with Gasteiger partial charge < -0.3 is 14.1 Å². The third-order valence-electron chi connectivity index (χ3n) is 5.56. The van der Waals surface area contributed by atoms with E-state index >= 15 is 0 Å². The maximum atomic E-state index is 5.56. The second kappa shape index (κ2) is 7.95. The lowest BCUT2D eigenvalue weighted by Crippen LogP contribution is -2.35. The Kier molecular flexibility index (Phi) is 4.66. The van der Waals surface area contributed by atoms with Gasteiger partial charge in [-0.25, -0.2) is 4.98 Å². The molecule has 0 bridgehead atoms. The van der Waals surface area contributed by atoms with E-state index in [1.165, 1.54) is 0 Å². The third kappa shape index (κ3) is 3.64. The maximum absolute atomic E-state index is 5.56. The van der Waals surface area contributed by atoms with Gasteiger partial charge in [-0.1, -0.05) is 6.58 Å². The molecule has 1 fully saturated rings. The number of benzene rings is 1. The molecule has 1 saturated heterocycles. The van der Waals surface area contributed by atoms with Crippen LogP contribution in [0.15, 0.2) is 83.9 Å². The highest BCUT2D eigenvalue weighted by Gasteiger charge is 2.21. The zero-order valence-corrected chi connectivity index (χ0v) is 17.7. The number of rotatable bonds is 5. The second-order valence-electron chi connectivity index (χ2n) is 7.73. The summed E-state index contributed by atoms with van der Waals surface area (Å²) < 4.78 is 12.8. The second-order valence-corrected chi connectivity index (χ2v) is 7.73. The maximum Gasteiger partial charge on any atom is 0.160 e. The molecule has 9 nitrogen and oxygen atoms in total. The summed E-state index contributed by atoms with van der Waals surface area (Å²) in [5.41, 5.74) is 11.6. The van der Waals surface area contributed by atoms with Gasteiger partial charge in [0.25, 0.3) is 0 Å². The number of hydrogen-bond acceptors (Lipinski definition) is 8. The standard InChI is InChI=1S/C24H21N7O2/c1-16-15-32-11-9-30(16)24-14-22(28-27-19-2-3-21-18(12-19)6-10-33-21)26-23-13-20(29-31(23)24)17-4-7-25-8-5-17/h2-8,10,12-14,27H,1,9,11,15H2,(H,26,28). The fraction of sp³-hybridized carbons (Fsp3) is 0.125. The van der Waals surface area contributed by atoms with Crippen LogP contribution >= 0.6 is 0 Å². The molecule has 1 aliphatic rings. The number of hydrazine groups is 1. The Labute approximate surface area is 189 Å². The third-order valence-corrected chi connectivity index (χ3v) is 5.56. The summed E-state index contributed by atoms with van der Waals surface area (Å²) >= 11 is 0. The Balaban J connectivity index is 1.38. The Morgan fingerprint density at radius 1 is 1.00 bits per heavy atom. The zero-order valence-electron chi connectivity index (χ0n) is 17.7. The average molecular weight is 439 g/mol. The van der Waals surface area contributed by atoms with E-state index in [1.54, 1.807) is 18.7 Å². The van der Waals surface area contributed by atoms with Gasteiger partial charge in [-0.15, -0.1) is 0 Å². The topological polar surface area (TPSA) is 92.8 Å². The van der Waals surface area contributed by atoms with Crippen LogP contribution < -0.4 is 15.8 Å². The number of aromatic nitrogens is 4. The van der Waals surface area contributed by atoms with Gasteiger partial charge in [-0.3, -0.25) is 15.8 Å². The lowest BCUT2D eigenvalue weighted by molar-refractivity contribution is 0.142. The average Bonchev–Trinajstić information content (AvgIpc) is 3.50. The van der Waals surface area contributed by atoms with E-state index in [-0.39, 0.29) is 0 Å². The van der Waals surface area contributed by atoms with E-state index in [9.17, 15) is 0 Å². The molecule has 0 spiro atoms. The van der Waals surface area contributed by atoms with Crippen LogP contribution in [0.4, 0.5) is 17.3 Å². The normalized spacial score (nSPS) is 14.2. The molecule has 0 saturated carbocycles. The molecule has 0 aliphatic carbocycles. The fourth-order valence-electron chi connectivity index (χ4n) is 3.92. The van der Waals surface area contributed by atoms with Crippen LogP contribution in [0.3, 0.4) is 0 Å². The summed E-state index contributed by atoms with van der Waals surface area (Å²) in [6.07, 6.45) is 5.19. The van der Waals surface area contributed by atoms with Crippen molar-refractivity contribution in [3.63, 3.8) is 0 Å². The monoisotopic (exact) mass is 439 g/mol. The number of furan rings is 1. The number of anilines is 3. The molecule has 33 heavy (non-hydrogen) atoms. The molecule has 1 aromatic carbocycles. The minimum atomic E-state index is 0.480. The summed E-state index contributed by atoms with van der Waals surface area (Å²) in [6, 6.07) is 15.6. The highest BCUT2D eigenvalue weighted by Crippen LogP contribution is 2.28. The smallest absolute Gasteiger partial charge is 0.160 e. The molecule has 1 aliphatic heterocycles. The first kappa shape index (κ1) is 19.3. The predicted octanol–water partition coefficient (Wildman–Crippen LogP) is 4.33. The van der Waals surface area contributed by atoms with E-state index in [1.807, 2.05) is 53.0 Å². The van der Waals surface area contributed by atoms with Crippen molar-refractivity contribution < 1.29 is 9.15 Å². The highest BCUT2D eigenvalue weighted by atomic mass is 16.5. The lowest BCUT2D eigenvalue weighted by Gasteiger charge is -2.31. The minimum absolute atomic E-state index is 0.480. The number of ether oxygens (including phenoxy) is 1. The van der Waals surface area contributed by atoms with Crippen LogP contribution in [0.5, 0.6) is 0 Å². The van der Waals surface area contributed by atoms with Crippen molar-refractivity contribution in [3.05, 3.63) is 79.5 Å². The number of fused-ring (bicyclic) bond motifs is 2. The molecule has 2 N–H and O–H groups in total. The Morgan fingerprint density at radius 2 is 1.91 bits per heavy atom. The van der Waals surface area contributed by atoms with Crippen molar-refractivity contribution >= 4 is 33.9 Å². The van der Waals surface area contributed by atoms with Gasteiger partial charge in [0.1, 0.15) is 11.4 Å². The summed E-state index contributed by atoms with van der Waals surface area (Å²) in [5, 5.41) is 5.85. The molecule has 164 valence electrons. The highest BCUT2D eigenvalue weighted by molar-refractivity contribution is 5.81. The number of nitrogens with one attached hydrogen (secondary N) is 2. The van der Waals surface area contributed by atoms with E-state index < -0.39 is 0 Å². The van der Waals surface area contributed by atoms with Gasteiger partial charge in [-0.2, -0.15) is 9.61 Å². The van der Waals surface area contributed by atoms with Crippen LogP contribution in [0.1, 0.15) is 0 Å². The first-order valence-corrected chi connectivity index (χ1v) is 10.6. The van der Waals surface area contributed by atoms with Gasteiger partial charge >= 0.3 is 0 Å². The molecular weight excluding hydrogens is 418 g/mol. The number of nitrogens with zero attached hydrogens (tertiary/aromatic N) is 5. The quantitative estimate of drug-likeness (QED) is 0.391. The molecule has 4 aromatic heterocycles. The van der Waals surface area contributed by atoms with Crippen LogP contribution in [0.2, 0.25) is 0 Å². The van der Waals surface area contributed by atoms with Crippen molar-refractivity contribution in [2.45, 2.75) is 0 Å². The molecule has 0 radical (unpaired) electrons. The lowest BCUT2D eigenvalue weighted by atomic mass is 10.2. The van der Waals surface area contributed by atoms with Gasteiger partial charge in [0.15, 0.2) is 11.5 Å². The summed E-state index contributed by atoms with van der Waals surface area (Å²) in [4.78, 5) is 11.0. The largest absolute Gasteiger partial charge is 0.464 e. The van der Waals surface area contributed by atoms with Gasteiger partial charge in [-0.05, 0) is 36.4 Å². The first-order valence-electron chi connectivity index (χ1n) is 10.6. The number of pyridine rings is 1. The molecule has 0 amide bonds. The molecule has 5 aromatic rings. The molecule has 0 atom stereocenters. The summed E-state index contributed by atoms with van der Waals surface area (Å²) in [6.45, 7) is 5.96. The van der Waals surface area contributed by atoms with Crippen molar-refractivity contribution in [2.75, 3.05) is 35.5 Å².